The fourth-order valence-corrected chi connectivity index (χ4v) is 2.52. The van der Waals surface area contributed by atoms with Crippen LogP contribution >= 0.6 is 15.9 Å². The maximum atomic E-state index is 10.3. The number of halogens is 1. The second-order valence-electron chi connectivity index (χ2n) is 5.16. The molecule has 2 atom stereocenters. The van der Waals surface area contributed by atoms with Gasteiger partial charge in [0.25, 0.3) is 0 Å². The van der Waals surface area contributed by atoms with Crippen LogP contribution in [0.3, 0.4) is 0 Å². The van der Waals surface area contributed by atoms with Gasteiger partial charge in [0.15, 0.2) is 0 Å². The van der Waals surface area contributed by atoms with Crippen molar-refractivity contribution in [2.75, 3.05) is 20.6 Å². The topological polar surface area (TPSA) is 49.5 Å². The summed E-state index contributed by atoms with van der Waals surface area (Å²) >= 11 is 3.50. The molecule has 0 aliphatic heterocycles. The van der Waals surface area contributed by atoms with E-state index in [2.05, 4.69) is 27.8 Å². The summed E-state index contributed by atoms with van der Waals surface area (Å²) in [4.78, 5) is 2.07. The van der Waals surface area contributed by atoms with E-state index in [1.807, 2.05) is 33.2 Å². The fraction of sp³-hybridized carbons (Fsp3) is 0.571. The van der Waals surface area contributed by atoms with E-state index in [1.165, 1.54) is 11.1 Å². The summed E-state index contributed by atoms with van der Waals surface area (Å²) in [6.45, 7) is 4.98. The molecule has 18 heavy (non-hydrogen) atoms. The summed E-state index contributed by atoms with van der Waals surface area (Å²) in [5, 5.41) is 10.3. The molecule has 3 N–H and O–H groups in total. The Hall–Kier alpha value is -0.420. The molecule has 1 aromatic rings. The molecule has 0 bridgehead atoms. The normalized spacial score (nSPS) is 14.9. The lowest BCUT2D eigenvalue weighted by atomic mass is 9.97. The smallest absolute Gasteiger partial charge is 0.0952 e. The molecular weight excluding hydrogens is 292 g/mol. The first-order chi connectivity index (χ1) is 8.32. The standard InChI is InChI=1S/C14H23BrN2O/c1-9-7-11(12(15)8-10(9)2)14(18)13(16)5-6-17(3)4/h7-8,13-14,18H,5-6,16H2,1-4H3. The minimum Gasteiger partial charge on any atom is -0.387 e. The second-order valence-corrected chi connectivity index (χ2v) is 6.01. The lowest BCUT2D eigenvalue weighted by Crippen LogP contribution is -2.32. The molecule has 102 valence electrons. The van der Waals surface area contributed by atoms with Crippen LogP contribution in [0.4, 0.5) is 0 Å². The number of nitrogens with two attached hydrogens (primary N) is 1. The van der Waals surface area contributed by atoms with Gasteiger partial charge >= 0.3 is 0 Å². The van der Waals surface area contributed by atoms with Crippen molar-refractivity contribution in [2.45, 2.75) is 32.4 Å². The van der Waals surface area contributed by atoms with Crippen molar-refractivity contribution in [3.8, 4) is 0 Å². The maximum Gasteiger partial charge on any atom is 0.0952 e. The minimum atomic E-state index is -0.626. The fourth-order valence-electron chi connectivity index (χ4n) is 1.83. The third-order valence-corrected chi connectivity index (χ3v) is 3.93. The zero-order chi connectivity index (χ0) is 13.9. The van der Waals surface area contributed by atoms with E-state index >= 15 is 0 Å². The molecule has 0 spiro atoms. The van der Waals surface area contributed by atoms with Crippen LogP contribution < -0.4 is 5.73 Å². The lowest BCUT2D eigenvalue weighted by Gasteiger charge is -2.22. The first-order valence-electron chi connectivity index (χ1n) is 6.18. The predicted octanol–water partition coefficient (Wildman–Crippen LogP) is 2.38. The van der Waals surface area contributed by atoms with Crippen molar-refractivity contribution in [1.82, 2.24) is 4.90 Å². The van der Waals surface area contributed by atoms with Crippen LogP contribution in [0, 0.1) is 13.8 Å². The molecular formula is C14H23BrN2O. The molecule has 2 unspecified atom stereocenters. The molecule has 1 rings (SSSR count). The molecule has 0 heterocycles. The zero-order valence-electron chi connectivity index (χ0n) is 11.6. The molecule has 0 amide bonds. The average Bonchev–Trinajstić information content (AvgIpc) is 2.29. The van der Waals surface area contributed by atoms with Crippen molar-refractivity contribution < 1.29 is 5.11 Å². The Bertz CT molecular complexity index is 407. The third kappa shape index (κ3) is 4.05. The van der Waals surface area contributed by atoms with Crippen LogP contribution in [0.2, 0.25) is 0 Å². The van der Waals surface area contributed by atoms with Gasteiger partial charge in [0.1, 0.15) is 0 Å². The third-order valence-electron chi connectivity index (χ3n) is 3.25. The van der Waals surface area contributed by atoms with Gasteiger partial charge in [-0.15, -0.1) is 0 Å². The highest BCUT2D eigenvalue weighted by Gasteiger charge is 2.20. The van der Waals surface area contributed by atoms with Gasteiger partial charge in [-0.1, -0.05) is 22.0 Å². The van der Waals surface area contributed by atoms with Gasteiger partial charge < -0.3 is 15.7 Å². The van der Waals surface area contributed by atoms with Gasteiger partial charge in [0, 0.05) is 10.5 Å². The number of hydrogen-bond acceptors (Lipinski definition) is 3. The van der Waals surface area contributed by atoms with Gasteiger partial charge in [-0.25, -0.2) is 0 Å². The van der Waals surface area contributed by atoms with Gasteiger partial charge in [0.05, 0.1) is 6.10 Å². The highest BCUT2D eigenvalue weighted by molar-refractivity contribution is 9.10. The summed E-state index contributed by atoms with van der Waals surface area (Å²) in [6, 6.07) is 3.80. The first kappa shape index (κ1) is 15.6. The summed E-state index contributed by atoms with van der Waals surface area (Å²) < 4.78 is 0.929. The summed E-state index contributed by atoms with van der Waals surface area (Å²) in [7, 11) is 4.01. The van der Waals surface area contributed by atoms with Crippen LogP contribution in [0.5, 0.6) is 0 Å². The Morgan fingerprint density at radius 1 is 1.28 bits per heavy atom. The van der Waals surface area contributed by atoms with Gasteiger partial charge in [-0.05, 0) is 63.7 Å². The van der Waals surface area contributed by atoms with Crippen molar-refractivity contribution in [3.63, 3.8) is 0 Å². The average molecular weight is 315 g/mol. The highest BCUT2D eigenvalue weighted by Crippen LogP contribution is 2.28. The molecule has 1 aromatic carbocycles. The lowest BCUT2D eigenvalue weighted by molar-refractivity contribution is 0.137. The molecule has 0 fully saturated rings. The molecule has 0 aliphatic rings. The molecule has 4 heteroatoms. The monoisotopic (exact) mass is 314 g/mol. The Balaban J connectivity index is 2.83. The van der Waals surface area contributed by atoms with Gasteiger partial charge in [-0.2, -0.15) is 0 Å². The quantitative estimate of drug-likeness (QED) is 0.877. The predicted molar refractivity (Wildman–Crippen MR) is 79.7 cm³/mol. The van der Waals surface area contributed by atoms with Crippen LogP contribution in [0.15, 0.2) is 16.6 Å². The van der Waals surface area contributed by atoms with Crippen molar-refractivity contribution >= 4 is 15.9 Å². The van der Waals surface area contributed by atoms with E-state index in [1.54, 1.807) is 0 Å². The Labute approximate surface area is 118 Å². The van der Waals surface area contributed by atoms with Crippen LogP contribution in [0.1, 0.15) is 29.2 Å². The number of hydrogen-bond donors (Lipinski definition) is 2. The van der Waals surface area contributed by atoms with E-state index in [0.717, 1.165) is 23.0 Å². The van der Waals surface area contributed by atoms with Crippen LogP contribution in [0.25, 0.3) is 0 Å². The molecule has 0 aliphatic carbocycles. The van der Waals surface area contributed by atoms with Crippen molar-refractivity contribution in [2.24, 2.45) is 5.73 Å². The largest absolute Gasteiger partial charge is 0.387 e. The van der Waals surface area contributed by atoms with E-state index in [0.29, 0.717) is 0 Å². The molecule has 0 saturated carbocycles. The van der Waals surface area contributed by atoms with Crippen LogP contribution in [-0.4, -0.2) is 36.7 Å². The second kappa shape index (κ2) is 6.66. The van der Waals surface area contributed by atoms with Crippen molar-refractivity contribution in [3.05, 3.63) is 33.3 Å². The summed E-state index contributed by atoms with van der Waals surface area (Å²) in [5.74, 6) is 0. The summed E-state index contributed by atoms with van der Waals surface area (Å²) in [5.41, 5.74) is 9.32. The number of aryl methyl sites for hydroxylation is 2. The molecule has 0 radical (unpaired) electrons. The van der Waals surface area contributed by atoms with Gasteiger partial charge in [0.2, 0.25) is 0 Å². The number of benzene rings is 1. The highest BCUT2D eigenvalue weighted by atomic mass is 79.9. The van der Waals surface area contributed by atoms with E-state index < -0.39 is 6.10 Å². The zero-order valence-corrected chi connectivity index (χ0v) is 13.2. The van der Waals surface area contributed by atoms with E-state index in [9.17, 15) is 5.11 Å². The number of nitrogens with zero attached hydrogens (tertiary/aromatic N) is 1. The van der Waals surface area contributed by atoms with E-state index in [4.69, 9.17) is 5.73 Å². The minimum absolute atomic E-state index is 0.245. The first-order valence-corrected chi connectivity index (χ1v) is 6.97. The number of aliphatic hydroxyl groups is 1. The molecule has 3 nitrogen and oxygen atoms in total. The Kier molecular flexibility index (Phi) is 5.79. The maximum absolute atomic E-state index is 10.3. The van der Waals surface area contributed by atoms with Crippen molar-refractivity contribution in [1.29, 1.82) is 0 Å². The Morgan fingerprint density at radius 3 is 2.39 bits per heavy atom. The number of rotatable bonds is 5. The van der Waals surface area contributed by atoms with Gasteiger partial charge in [-0.3, -0.25) is 0 Å². The summed E-state index contributed by atoms with van der Waals surface area (Å²) in [6.07, 6.45) is 0.145. The Morgan fingerprint density at radius 2 is 1.83 bits per heavy atom. The SMILES string of the molecule is Cc1cc(Br)c(C(O)C(N)CCN(C)C)cc1C. The molecule has 0 saturated heterocycles. The van der Waals surface area contributed by atoms with Crippen LogP contribution in [-0.2, 0) is 0 Å². The molecule has 0 aromatic heterocycles. The van der Waals surface area contributed by atoms with E-state index in [-0.39, 0.29) is 6.04 Å². The number of aliphatic hydroxyl groups excluding tert-OH is 1.